The Morgan fingerprint density at radius 1 is 0.705 bits per heavy atom. The van der Waals surface area contributed by atoms with Crippen LogP contribution >= 0.6 is 0 Å². The third-order valence-corrected chi connectivity index (χ3v) is 10.2. The van der Waals surface area contributed by atoms with E-state index in [4.69, 9.17) is 9.47 Å². The van der Waals surface area contributed by atoms with Crippen molar-refractivity contribution < 1.29 is 28.7 Å². The number of hydrogen-bond acceptors (Lipinski definition) is 6. The van der Waals surface area contributed by atoms with Crippen molar-refractivity contribution in [3.63, 3.8) is 0 Å². The number of allylic oxidation sites excluding steroid dienone is 2. The molecule has 0 bridgehead atoms. The third-order valence-electron chi connectivity index (χ3n) is 10.2. The molecule has 0 spiro atoms. The summed E-state index contributed by atoms with van der Waals surface area (Å²) in [7, 11) is 0. The quantitative estimate of drug-likeness (QED) is 0.110. The average molecular weight is 596 g/mol. The summed E-state index contributed by atoms with van der Waals surface area (Å²) in [6.07, 6.45) is 17.5. The minimum atomic E-state index is -0.558. The Morgan fingerprint density at radius 3 is 1.82 bits per heavy atom. The Morgan fingerprint density at radius 2 is 1.23 bits per heavy atom. The van der Waals surface area contributed by atoms with Gasteiger partial charge in [-0.25, -0.2) is 4.79 Å². The number of ether oxygens (including phenoxy) is 2. The number of carbonyl (C=O) groups excluding carboxylic acids is 4. The van der Waals surface area contributed by atoms with E-state index in [0.717, 1.165) is 49.0 Å². The van der Waals surface area contributed by atoms with E-state index in [1.54, 1.807) is 54.6 Å². The molecule has 1 heterocycles. The van der Waals surface area contributed by atoms with Gasteiger partial charge in [-0.05, 0) is 117 Å². The van der Waals surface area contributed by atoms with Gasteiger partial charge in [-0.1, -0.05) is 44.1 Å². The molecule has 1 aliphatic heterocycles. The van der Waals surface area contributed by atoms with Gasteiger partial charge < -0.3 is 9.47 Å². The Hall–Kier alpha value is -4.00. The second-order valence-corrected chi connectivity index (χ2v) is 13.0. The smallest absolute Gasteiger partial charge is 0.336 e. The van der Waals surface area contributed by atoms with E-state index in [-0.39, 0.29) is 35.5 Å². The molecule has 2 aromatic rings. The highest BCUT2D eigenvalue weighted by Crippen LogP contribution is 2.42. The number of rotatable bonds is 7. The predicted molar refractivity (Wildman–Crippen MR) is 168 cm³/mol. The fourth-order valence-electron chi connectivity index (χ4n) is 7.46. The number of amides is 2. The van der Waals surface area contributed by atoms with E-state index in [1.807, 2.05) is 12.2 Å². The first-order valence-electron chi connectivity index (χ1n) is 16.2. The summed E-state index contributed by atoms with van der Waals surface area (Å²) in [5.74, 6) is 1.60. The van der Waals surface area contributed by atoms with Crippen LogP contribution in [0.1, 0.15) is 76.7 Å². The van der Waals surface area contributed by atoms with Gasteiger partial charge in [-0.2, -0.15) is 0 Å². The van der Waals surface area contributed by atoms with Crippen LogP contribution in [0.4, 0.5) is 5.69 Å². The molecule has 3 fully saturated rings. The molecule has 2 aromatic carbocycles. The minimum absolute atomic E-state index is 0.0324. The SMILES string of the molecule is CC1CCC(C2CCC(C(=O)Oc3ccc(/C=C/C(=O)Oc4ccc(N5C(=O)C6CC=CCC6C5=O)cc4)cc3)CC2)CC1. The topological polar surface area (TPSA) is 90.0 Å². The van der Waals surface area contributed by atoms with E-state index >= 15 is 0 Å². The highest BCUT2D eigenvalue weighted by Gasteiger charge is 2.47. The van der Waals surface area contributed by atoms with Crippen LogP contribution in [0, 0.1) is 35.5 Å². The number of fused-ring (bicyclic) bond motifs is 1. The van der Waals surface area contributed by atoms with Crippen molar-refractivity contribution in [2.45, 2.75) is 71.1 Å². The number of benzene rings is 2. The van der Waals surface area contributed by atoms with Crippen LogP contribution in [0.2, 0.25) is 0 Å². The molecule has 0 aromatic heterocycles. The van der Waals surface area contributed by atoms with Gasteiger partial charge in [0.15, 0.2) is 0 Å². The van der Waals surface area contributed by atoms with Gasteiger partial charge in [0, 0.05) is 6.08 Å². The van der Waals surface area contributed by atoms with E-state index in [9.17, 15) is 19.2 Å². The molecule has 0 N–H and O–H groups in total. The van der Waals surface area contributed by atoms with Crippen molar-refractivity contribution in [3.05, 3.63) is 72.3 Å². The summed E-state index contributed by atoms with van der Waals surface area (Å²) in [5, 5.41) is 0. The minimum Gasteiger partial charge on any atom is -0.426 e. The molecule has 7 heteroatoms. The summed E-state index contributed by atoms with van der Waals surface area (Å²) in [5.41, 5.74) is 1.24. The van der Waals surface area contributed by atoms with Crippen LogP contribution < -0.4 is 14.4 Å². The molecule has 2 amide bonds. The lowest BCUT2D eigenvalue weighted by Gasteiger charge is -2.36. The molecular formula is C37H41NO6. The van der Waals surface area contributed by atoms with E-state index in [2.05, 4.69) is 6.92 Å². The molecule has 6 rings (SSSR count). The Balaban J connectivity index is 0.955. The van der Waals surface area contributed by atoms with E-state index < -0.39 is 5.97 Å². The highest BCUT2D eigenvalue weighted by atomic mass is 16.5. The van der Waals surface area contributed by atoms with Gasteiger partial charge in [0.2, 0.25) is 11.8 Å². The largest absolute Gasteiger partial charge is 0.426 e. The highest BCUT2D eigenvalue weighted by molar-refractivity contribution is 6.22. The monoisotopic (exact) mass is 595 g/mol. The number of nitrogens with zero attached hydrogens (tertiary/aromatic N) is 1. The lowest BCUT2D eigenvalue weighted by atomic mass is 9.69. The fraction of sp³-hybridized carbons (Fsp3) is 0.459. The summed E-state index contributed by atoms with van der Waals surface area (Å²) in [4.78, 5) is 52.1. The van der Waals surface area contributed by atoms with Crippen LogP contribution in [0.3, 0.4) is 0 Å². The van der Waals surface area contributed by atoms with Crippen molar-refractivity contribution >= 4 is 35.5 Å². The maximum atomic E-state index is 12.8. The van der Waals surface area contributed by atoms with Crippen LogP contribution in [0.15, 0.2) is 66.8 Å². The zero-order valence-electron chi connectivity index (χ0n) is 25.4. The molecule has 3 aliphatic carbocycles. The van der Waals surface area contributed by atoms with Crippen molar-refractivity contribution in [2.75, 3.05) is 4.90 Å². The molecule has 2 atom stereocenters. The normalized spacial score (nSPS) is 28.6. The maximum absolute atomic E-state index is 12.8. The average Bonchev–Trinajstić information content (AvgIpc) is 3.31. The molecule has 7 nitrogen and oxygen atoms in total. The molecule has 44 heavy (non-hydrogen) atoms. The van der Waals surface area contributed by atoms with Crippen molar-refractivity contribution in [3.8, 4) is 11.5 Å². The third kappa shape index (κ3) is 6.72. The van der Waals surface area contributed by atoms with Crippen LogP contribution in [0.25, 0.3) is 6.08 Å². The summed E-state index contributed by atoms with van der Waals surface area (Å²) >= 11 is 0. The van der Waals surface area contributed by atoms with Crippen LogP contribution in [-0.4, -0.2) is 23.8 Å². The lowest BCUT2D eigenvalue weighted by molar-refractivity contribution is -0.140. The van der Waals surface area contributed by atoms with Gasteiger partial charge >= 0.3 is 11.9 Å². The number of anilines is 1. The molecular weight excluding hydrogens is 554 g/mol. The molecule has 0 radical (unpaired) electrons. The molecule has 4 aliphatic rings. The molecule has 2 unspecified atom stereocenters. The second kappa shape index (κ2) is 13.3. The molecule has 230 valence electrons. The van der Waals surface area contributed by atoms with Crippen molar-refractivity contribution in [2.24, 2.45) is 35.5 Å². The van der Waals surface area contributed by atoms with E-state index in [1.165, 1.54) is 36.7 Å². The van der Waals surface area contributed by atoms with Crippen LogP contribution in [0.5, 0.6) is 11.5 Å². The first-order chi connectivity index (χ1) is 21.4. The summed E-state index contributed by atoms with van der Waals surface area (Å²) in [6.45, 7) is 2.36. The lowest BCUT2D eigenvalue weighted by Crippen LogP contribution is -2.30. The fourth-order valence-corrected chi connectivity index (χ4v) is 7.46. The number of hydrogen-bond donors (Lipinski definition) is 0. The summed E-state index contributed by atoms with van der Waals surface area (Å²) < 4.78 is 11.1. The van der Waals surface area contributed by atoms with Crippen molar-refractivity contribution in [1.29, 1.82) is 0 Å². The number of carbonyl (C=O) groups is 4. The number of esters is 2. The first-order valence-corrected chi connectivity index (χ1v) is 16.2. The van der Waals surface area contributed by atoms with Crippen LogP contribution in [-0.2, 0) is 19.2 Å². The zero-order chi connectivity index (χ0) is 30.6. The number of imide groups is 1. The van der Waals surface area contributed by atoms with Gasteiger partial charge in [0.1, 0.15) is 11.5 Å². The second-order valence-electron chi connectivity index (χ2n) is 13.0. The standard InChI is InChI=1S/C37H41NO6/c1-24-6-11-26(12-7-24)27-13-15-28(16-14-27)37(42)44-31-19-8-25(9-20-31)10-23-34(39)43-30-21-17-29(18-22-30)38-35(40)32-4-2-3-5-33(32)36(38)41/h2-3,8-10,17-24,26-28,32-33H,4-7,11-16H2,1H3/b23-10+. The Labute approximate surface area is 259 Å². The van der Waals surface area contributed by atoms with Gasteiger partial charge in [-0.15, -0.1) is 0 Å². The van der Waals surface area contributed by atoms with Gasteiger partial charge in [0.25, 0.3) is 0 Å². The van der Waals surface area contributed by atoms with Gasteiger partial charge in [-0.3, -0.25) is 19.3 Å². The molecule has 1 saturated heterocycles. The summed E-state index contributed by atoms with van der Waals surface area (Å²) in [6, 6.07) is 13.5. The Kier molecular flexibility index (Phi) is 9.10. The van der Waals surface area contributed by atoms with E-state index in [0.29, 0.717) is 30.0 Å². The van der Waals surface area contributed by atoms with Crippen molar-refractivity contribution in [1.82, 2.24) is 0 Å². The predicted octanol–water partition coefficient (Wildman–Crippen LogP) is 7.30. The first kappa shape index (κ1) is 30.0. The molecule has 2 saturated carbocycles. The zero-order valence-corrected chi connectivity index (χ0v) is 25.4. The van der Waals surface area contributed by atoms with Gasteiger partial charge in [0.05, 0.1) is 23.4 Å². The maximum Gasteiger partial charge on any atom is 0.336 e. The Bertz CT molecular complexity index is 1400.